The predicted octanol–water partition coefficient (Wildman–Crippen LogP) is 4.14. The third-order valence-electron chi connectivity index (χ3n) is 3.75. The van der Waals surface area contributed by atoms with Gasteiger partial charge in [-0.3, -0.25) is 0 Å². The van der Waals surface area contributed by atoms with Crippen molar-refractivity contribution in [3.05, 3.63) is 28.2 Å². The molecule has 1 aliphatic rings. The molecule has 0 aromatic heterocycles. The number of thioether (sulfide) groups is 1. The number of nitrogens with one attached hydrogen (secondary N) is 1. The lowest BCUT2D eigenvalue weighted by atomic mass is 10.1. The molecule has 1 N–H and O–H groups in total. The predicted molar refractivity (Wildman–Crippen MR) is 94.8 cm³/mol. The number of benzene rings is 1. The molecule has 1 heterocycles. The van der Waals surface area contributed by atoms with Crippen molar-refractivity contribution in [2.24, 2.45) is 5.92 Å². The van der Waals surface area contributed by atoms with Crippen LogP contribution in [-0.4, -0.2) is 31.1 Å². The van der Waals surface area contributed by atoms with Gasteiger partial charge in [0.05, 0.1) is 0 Å². The fourth-order valence-electron chi connectivity index (χ4n) is 2.53. The zero-order valence-corrected chi connectivity index (χ0v) is 15.1. The van der Waals surface area contributed by atoms with Crippen molar-refractivity contribution in [3.8, 4) is 0 Å². The first-order valence-electron chi connectivity index (χ1n) is 7.37. The number of halogens is 1. The van der Waals surface area contributed by atoms with Gasteiger partial charge in [-0.25, -0.2) is 0 Å². The zero-order valence-electron chi connectivity index (χ0n) is 12.7. The average Bonchev–Trinajstić information content (AvgIpc) is 2.93. The third-order valence-corrected chi connectivity index (χ3v) is 5.39. The summed E-state index contributed by atoms with van der Waals surface area (Å²) in [4.78, 5) is 2.47. The molecule has 1 unspecified atom stereocenters. The second-order valence-corrected chi connectivity index (χ2v) is 7.99. The average molecular weight is 357 g/mol. The monoisotopic (exact) mass is 356 g/mol. The maximum Gasteiger partial charge on any atom is 0.0423 e. The van der Waals surface area contributed by atoms with Gasteiger partial charge in [-0.05, 0) is 42.3 Å². The summed E-state index contributed by atoms with van der Waals surface area (Å²) in [6.45, 7) is 6.51. The Morgan fingerprint density at radius 3 is 2.90 bits per heavy atom. The first-order valence-corrected chi connectivity index (χ1v) is 9.32. The zero-order chi connectivity index (χ0) is 14.5. The molecule has 4 heteroatoms. The van der Waals surface area contributed by atoms with E-state index in [0.717, 1.165) is 17.6 Å². The Balaban J connectivity index is 2.10. The quantitative estimate of drug-likeness (QED) is 0.824. The highest BCUT2D eigenvalue weighted by atomic mass is 79.9. The smallest absolute Gasteiger partial charge is 0.0423 e. The van der Waals surface area contributed by atoms with Crippen LogP contribution in [0.3, 0.4) is 0 Å². The Kier molecular flexibility index (Phi) is 6.24. The molecule has 0 aliphatic carbocycles. The molecule has 2 nitrogen and oxygen atoms in total. The lowest BCUT2D eigenvalue weighted by Gasteiger charge is -2.28. The topological polar surface area (TPSA) is 15.3 Å². The van der Waals surface area contributed by atoms with E-state index in [2.05, 4.69) is 77.0 Å². The molecule has 1 saturated heterocycles. The molecule has 0 amide bonds. The van der Waals surface area contributed by atoms with E-state index in [0.29, 0.717) is 12.0 Å². The van der Waals surface area contributed by atoms with Crippen LogP contribution in [0.1, 0.15) is 25.8 Å². The Labute approximate surface area is 135 Å². The van der Waals surface area contributed by atoms with E-state index in [4.69, 9.17) is 0 Å². The molecule has 1 atom stereocenters. The van der Waals surface area contributed by atoms with Crippen molar-refractivity contribution in [2.75, 3.05) is 30.0 Å². The number of rotatable bonds is 6. The minimum absolute atomic E-state index is 0.679. The van der Waals surface area contributed by atoms with Gasteiger partial charge in [0.15, 0.2) is 0 Å². The second-order valence-electron chi connectivity index (χ2n) is 5.93. The van der Waals surface area contributed by atoms with Crippen molar-refractivity contribution in [1.82, 2.24) is 5.32 Å². The minimum Gasteiger partial charge on any atom is -0.370 e. The van der Waals surface area contributed by atoms with Crippen LogP contribution in [0.2, 0.25) is 0 Å². The molecule has 1 aromatic carbocycles. The molecule has 0 spiro atoms. The molecule has 1 fully saturated rings. The maximum absolute atomic E-state index is 3.61. The summed E-state index contributed by atoms with van der Waals surface area (Å²) < 4.78 is 1.16. The molecule has 112 valence electrons. The summed E-state index contributed by atoms with van der Waals surface area (Å²) in [5.41, 5.74) is 2.76. The first kappa shape index (κ1) is 16.2. The van der Waals surface area contributed by atoms with Crippen LogP contribution < -0.4 is 10.2 Å². The largest absolute Gasteiger partial charge is 0.370 e. The molecular weight excluding hydrogens is 332 g/mol. The molecule has 0 bridgehead atoms. The number of hydrogen-bond donors (Lipinski definition) is 1. The maximum atomic E-state index is 3.61. The molecular formula is C16H25BrN2S. The molecule has 1 aliphatic heterocycles. The van der Waals surface area contributed by atoms with Crippen LogP contribution in [0, 0.1) is 5.92 Å². The van der Waals surface area contributed by atoms with Crippen LogP contribution in [-0.2, 0) is 6.54 Å². The third kappa shape index (κ3) is 4.40. The summed E-state index contributed by atoms with van der Waals surface area (Å²) in [5, 5.41) is 3.56. The van der Waals surface area contributed by atoms with Crippen molar-refractivity contribution in [2.45, 2.75) is 32.9 Å². The van der Waals surface area contributed by atoms with Crippen molar-refractivity contribution < 1.29 is 0 Å². The number of hydrogen-bond acceptors (Lipinski definition) is 3. The minimum atomic E-state index is 0.679. The van der Waals surface area contributed by atoms with Crippen molar-refractivity contribution in [3.63, 3.8) is 0 Å². The Bertz CT molecular complexity index is 430. The van der Waals surface area contributed by atoms with Gasteiger partial charge in [-0.1, -0.05) is 35.8 Å². The van der Waals surface area contributed by atoms with E-state index < -0.39 is 0 Å². The Morgan fingerprint density at radius 1 is 1.45 bits per heavy atom. The Morgan fingerprint density at radius 2 is 2.25 bits per heavy atom. The van der Waals surface area contributed by atoms with Crippen LogP contribution in [0.4, 0.5) is 5.69 Å². The van der Waals surface area contributed by atoms with Crippen LogP contribution >= 0.6 is 27.7 Å². The standard InChI is InChI=1S/C16H25BrN2S/c1-12(2)9-18-10-13-4-5-14(17)8-16(13)19(3)15-6-7-20-11-15/h4-5,8,12,15,18H,6-7,9-11H2,1-3H3. The van der Waals surface area contributed by atoms with E-state index in [1.807, 2.05) is 0 Å². The molecule has 20 heavy (non-hydrogen) atoms. The molecule has 1 aromatic rings. The molecule has 0 saturated carbocycles. The number of nitrogens with zero attached hydrogens (tertiary/aromatic N) is 1. The van der Waals surface area contributed by atoms with Gasteiger partial charge >= 0.3 is 0 Å². The van der Waals surface area contributed by atoms with Gasteiger partial charge in [0, 0.05) is 35.5 Å². The van der Waals surface area contributed by atoms with Gasteiger partial charge in [-0.15, -0.1) is 0 Å². The highest BCUT2D eigenvalue weighted by Crippen LogP contribution is 2.30. The lowest BCUT2D eigenvalue weighted by Crippen LogP contribution is -2.32. The Hall–Kier alpha value is -0.190. The fraction of sp³-hybridized carbons (Fsp3) is 0.625. The van der Waals surface area contributed by atoms with Gasteiger partial charge in [0.25, 0.3) is 0 Å². The summed E-state index contributed by atoms with van der Waals surface area (Å²) >= 11 is 5.68. The number of anilines is 1. The van der Waals surface area contributed by atoms with E-state index in [-0.39, 0.29) is 0 Å². The normalized spacial score (nSPS) is 18.8. The van der Waals surface area contributed by atoms with Crippen LogP contribution in [0.5, 0.6) is 0 Å². The van der Waals surface area contributed by atoms with Crippen molar-refractivity contribution >= 4 is 33.4 Å². The summed E-state index contributed by atoms with van der Waals surface area (Å²) in [6.07, 6.45) is 1.30. The summed E-state index contributed by atoms with van der Waals surface area (Å²) in [5.74, 6) is 3.24. The van der Waals surface area contributed by atoms with E-state index >= 15 is 0 Å². The summed E-state index contributed by atoms with van der Waals surface area (Å²) in [7, 11) is 2.24. The van der Waals surface area contributed by atoms with Gasteiger partial charge < -0.3 is 10.2 Å². The van der Waals surface area contributed by atoms with Gasteiger partial charge in [0.1, 0.15) is 0 Å². The highest BCUT2D eigenvalue weighted by molar-refractivity contribution is 9.10. The first-order chi connectivity index (χ1) is 9.58. The fourth-order valence-corrected chi connectivity index (χ4v) is 4.15. The van der Waals surface area contributed by atoms with Gasteiger partial charge in [-0.2, -0.15) is 11.8 Å². The second kappa shape index (κ2) is 7.71. The van der Waals surface area contributed by atoms with Crippen LogP contribution in [0.25, 0.3) is 0 Å². The van der Waals surface area contributed by atoms with E-state index in [9.17, 15) is 0 Å². The van der Waals surface area contributed by atoms with Gasteiger partial charge in [0.2, 0.25) is 0 Å². The molecule has 0 radical (unpaired) electrons. The van der Waals surface area contributed by atoms with Crippen LogP contribution in [0.15, 0.2) is 22.7 Å². The highest BCUT2D eigenvalue weighted by Gasteiger charge is 2.22. The lowest BCUT2D eigenvalue weighted by molar-refractivity contribution is 0.551. The van der Waals surface area contributed by atoms with Crippen molar-refractivity contribution in [1.29, 1.82) is 0 Å². The SMILES string of the molecule is CC(C)CNCc1ccc(Br)cc1N(C)C1CCSC1. The summed E-state index contributed by atoms with van der Waals surface area (Å²) in [6, 6.07) is 7.33. The van der Waals surface area contributed by atoms with E-state index in [1.54, 1.807) is 0 Å². The van der Waals surface area contributed by atoms with E-state index in [1.165, 1.54) is 29.2 Å². The molecule has 2 rings (SSSR count).